The Morgan fingerprint density at radius 1 is 1.38 bits per heavy atom. The number of aryl methyl sites for hydroxylation is 1. The molecule has 0 aliphatic heterocycles. The van der Waals surface area contributed by atoms with E-state index in [0.29, 0.717) is 11.3 Å². The largest absolute Gasteiger partial charge is 0.398 e. The third-order valence-electron chi connectivity index (χ3n) is 3.24. The zero-order chi connectivity index (χ0) is 11.5. The molecule has 1 fully saturated rings. The van der Waals surface area contributed by atoms with Gasteiger partial charge in [0.15, 0.2) is 0 Å². The van der Waals surface area contributed by atoms with E-state index in [9.17, 15) is 4.39 Å². The van der Waals surface area contributed by atoms with Crippen LogP contribution in [0.5, 0.6) is 0 Å². The number of halogens is 1. The van der Waals surface area contributed by atoms with Crippen LogP contribution in [0.25, 0.3) is 0 Å². The molecule has 2 rings (SSSR count). The minimum Gasteiger partial charge on any atom is -0.398 e. The van der Waals surface area contributed by atoms with Crippen LogP contribution in [0.4, 0.5) is 10.1 Å². The highest BCUT2D eigenvalue weighted by molar-refractivity contribution is 7.99. The van der Waals surface area contributed by atoms with Gasteiger partial charge < -0.3 is 5.73 Å². The van der Waals surface area contributed by atoms with Gasteiger partial charge >= 0.3 is 0 Å². The first kappa shape index (κ1) is 11.8. The van der Waals surface area contributed by atoms with E-state index >= 15 is 0 Å². The number of hydrogen-bond acceptors (Lipinski definition) is 2. The van der Waals surface area contributed by atoms with E-state index in [2.05, 4.69) is 0 Å². The summed E-state index contributed by atoms with van der Waals surface area (Å²) in [7, 11) is 0. The summed E-state index contributed by atoms with van der Waals surface area (Å²) in [5.74, 6) is 1.74. The summed E-state index contributed by atoms with van der Waals surface area (Å²) in [4.78, 5) is 1.03. The first-order valence-corrected chi connectivity index (χ1v) is 6.84. The quantitative estimate of drug-likeness (QED) is 0.637. The summed E-state index contributed by atoms with van der Waals surface area (Å²) in [6, 6.07) is 3.30. The van der Waals surface area contributed by atoms with E-state index in [1.54, 1.807) is 18.7 Å². The van der Waals surface area contributed by atoms with Gasteiger partial charge in [-0.1, -0.05) is 12.8 Å². The van der Waals surface area contributed by atoms with E-state index in [1.807, 2.05) is 6.07 Å². The SMILES string of the molecule is Cc1cc(SCC2CCCC2)c(N)cc1F. The molecule has 0 saturated heterocycles. The highest BCUT2D eigenvalue weighted by atomic mass is 32.2. The van der Waals surface area contributed by atoms with Crippen LogP contribution in [0.15, 0.2) is 17.0 Å². The predicted octanol–water partition coefficient (Wildman–Crippen LogP) is 4.00. The van der Waals surface area contributed by atoms with Crippen molar-refractivity contribution in [2.24, 2.45) is 5.92 Å². The lowest BCUT2D eigenvalue weighted by atomic mass is 10.1. The van der Waals surface area contributed by atoms with Gasteiger partial charge in [0, 0.05) is 16.3 Å². The summed E-state index contributed by atoms with van der Waals surface area (Å²) >= 11 is 1.78. The van der Waals surface area contributed by atoms with Gasteiger partial charge in [0.25, 0.3) is 0 Å². The molecule has 16 heavy (non-hydrogen) atoms. The van der Waals surface area contributed by atoms with Crippen LogP contribution in [0.2, 0.25) is 0 Å². The summed E-state index contributed by atoms with van der Waals surface area (Å²) in [6.45, 7) is 1.79. The van der Waals surface area contributed by atoms with Crippen molar-refractivity contribution in [1.82, 2.24) is 0 Å². The molecule has 0 atom stereocenters. The van der Waals surface area contributed by atoms with Crippen LogP contribution in [-0.2, 0) is 0 Å². The van der Waals surface area contributed by atoms with Gasteiger partial charge in [0.05, 0.1) is 0 Å². The Morgan fingerprint density at radius 3 is 2.75 bits per heavy atom. The molecule has 0 radical (unpaired) electrons. The fraction of sp³-hybridized carbons (Fsp3) is 0.538. The number of hydrogen-bond donors (Lipinski definition) is 1. The molecule has 0 aromatic heterocycles. The first-order chi connectivity index (χ1) is 7.66. The maximum absolute atomic E-state index is 13.2. The number of nitrogens with two attached hydrogens (primary N) is 1. The van der Waals surface area contributed by atoms with Crippen molar-refractivity contribution >= 4 is 17.4 Å². The predicted molar refractivity (Wildman–Crippen MR) is 68.2 cm³/mol. The molecule has 0 bridgehead atoms. The van der Waals surface area contributed by atoms with Gasteiger partial charge in [0.1, 0.15) is 5.82 Å². The summed E-state index contributed by atoms with van der Waals surface area (Å²) in [5, 5.41) is 0. The zero-order valence-electron chi connectivity index (χ0n) is 9.63. The van der Waals surface area contributed by atoms with Crippen molar-refractivity contribution in [3.8, 4) is 0 Å². The van der Waals surface area contributed by atoms with Gasteiger partial charge in [-0.3, -0.25) is 0 Å². The second-order valence-corrected chi connectivity index (χ2v) is 5.66. The Hall–Kier alpha value is -0.700. The monoisotopic (exact) mass is 239 g/mol. The van der Waals surface area contributed by atoms with Gasteiger partial charge in [-0.25, -0.2) is 4.39 Å². The van der Waals surface area contributed by atoms with Crippen LogP contribution in [-0.4, -0.2) is 5.75 Å². The molecule has 0 heterocycles. The molecule has 1 aromatic rings. The minimum absolute atomic E-state index is 0.206. The van der Waals surface area contributed by atoms with Crippen LogP contribution in [0.3, 0.4) is 0 Å². The van der Waals surface area contributed by atoms with E-state index < -0.39 is 0 Å². The smallest absolute Gasteiger partial charge is 0.128 e. The van der Waals surface area contributed by atoms with Crippen LogP contribution in [0, 0.1) is 18.7 Å². The number of benzene rings is 1. The fourth-order valence-corrected chi connectivity index (χ4v) is 3.41. The lowest BCUT2D eigenvalue weighted by molar-refractivity contribution is 0.617. The maximum atomic E-state index is 13.2. The minimum atomic E-state index is -0.206. The first-order valence-electron chi connectivity index (χ1n) is 5.85. The van der Waals surface area contributed by atoms with Gasteiger partial charge in [0.2, 0.25) is 0 Å². The number of nitrogen functional groups attached to an aromatic ring is 1. The summed E-state index contributed by atoms with van der Waals surface area (Å²) < 4.78 is 13.2. The van der Waals surface area contributed by atoms with Gasteiger partial charge in [-0.15, -0.1) is 11.8 Å². The molecule has 0 spiro atoms. The maximum Gasteiger partial charge on any atom is 0.128 e. The highest BCUT2D eigenvalue weighted by Crippen LogP contribution is 2.34. The molecular formula is C13H18FNS. The average molecular weight is 239 g/mol. The molecule has 1 aliphatic carbocycles. The topological polar surface area (TPSA) is 26.0 Å². The van der Waals surface area contributed by atoms with Crippen molar-refractivity contribution in [2.45, 2.75) is 37.5 Å². The molecule has 2 N–H and O–H groups in total. The Kier molecular flexibility index (Phi) is 3.74. The van der Waals surface area contributed by atoms with Gasteiger partial charge in [-0.2, -0.15) is 0 Å². The summed E-state index contributed by atoms with van der Waals surface area (Å²) in [5.41, 5.74) is 7.07. The number of anilines is 1. The van der Waals surface area contributed by atoms with Crippen molar-refractivity contribution in [3.63, 3.8) is 0 Å². The number of rotatable bonds is 3. The highest BCUT2D eigenvalue weighted by Gasteiger charge is 2.16. The molecule has 3 heteroatoms. The molecule has 1 saturated carbocycles. The van der Waals surface area contributed by atoms with Gasteiger partial charge in [-0.05, 0) is 43.4 Å². The van der Waals surface area contributed by atoms with E-state index in [4.69, 9.17) is 5.73 Å². The Bertz CT molecular complexity index is 372. The third kappa shape index (κ3) is 2.70. The lowest BCUT2D eigenvalue weighted by Crippen LogP contribution is -1.98. The van der Waals surface area contributed by atoms with Crippen molar-refractivity contribution in [3.05, 3.63) is 23.5 Å². The second kappa shape index (κ2) is 5.09. The molecule has 1 aromatic carbocycles. The van der Waals surface area contributed by atoms with E-state index in [0.717, 1.165) is 16.6 Å². The van der Waals surface area contributed by atoms with E-state index in [-0.39, 0.29) is 5.82 Å². The van der Waals surface area contributed by atoms with Crippen LogP contribution in [0.1, 0.15) is 31.2 Å². The Balaban J connectivity index is 2.00. The fourth-order valence-electron chi connectivity index (χ4n) is 2.18. The number of thioether (sulfide) groups is 1. The standard InChI is InChI=1S/C13H18FNS/c1-9-6-13(12(15)7-11(9)14)16-8-10-4-2-3-5-10/h6-7,10H,2-5,8,15H2,1H3. The second-order valence-electron chi connectivity index (χ2n) is 4.60. The third-order valence-corrected chi connectivity index (χ3v) is 4.54. The van der Waals surface area contributed by atoms with Crippen molar-refractivity contribution < 1.29 is 4.39 Å². The molecule has 1 nitrogen and oxygen atoms in total. The Morgan fingerprint density at radius 2 is 2.06 bits per heavy atom. The van der Waals surface area contributed by atoms with Crippen LogP contribution < -0.4 is 5.73 Å². The molecule has 1 aliphatic rings. The molecule has 88 valence electrons. The van der Waals surface area contributed by atoms with Crippen molar-refractivity contribution in [1.29, 1.82) is 0 Å². The summed E-state index contributed by atoms with van der Waals surface area (Å²) in [6.07, 6.45) is 5.41. The zero-order valence-corrected chi connectivity index (χ0v) is 10.4. The lowest BCUT2D eigenvalue weighted by Gasteiger charge is -2.11. The Labute approximate surface area is 101 Å². The van der Waals surface area contributed by atoms with Crippen LogP contribution >= 0.6 is 11.8 Å². The van der Waals surface area contributed by atoms with Crippen molar-refractivity contribution in [2.75, 3.05) is 11.5 Å². The van der Waals surface area contributed by atoms with E-state index in [1.165, 1.54) is 31.7 Å². The normalized spacial score (nSPS) is 16.9. The molecule has 0 unspecified atom stereocenters. The molecular weight excluding hydrogens is 221 g/mol. The average Bonchev–Trinajstić information content (AvgIpc) is 2.74. The molecule has 0 amide bonds.